The van der Waals surface area contributed by atoms with Crippen molar-refractivity contribution in [2.75, 3.05) is 0 Å². The number of aryl methyl sites for hydroxylation is 2. The maximum absolute atomic E-state index is 12.2. The van der Waals surface area contributed by atoms with Crippen LogP contribution >= 0.6 is 0 Å². The molecule has 2 N–H and O–H groups in total. The van der Waals surface area contributed by atoms with Crippen LogP contribution in [0, 0.1) is 13.8 Å². The summed E-state index contributed by atoms with van der Waals surface area (Å²) in [5, 5.41) is 7.16. The van der Waals surface area contributed by atoms with Gasteiger partial charge in [0.15, 0.2) is 0 Å². The molecule has 2 aromatic heterocycles. The Bertz CT molecular complexity index is 857. The Morgan fingerprint density at radius 1 is 1.35 bits per heavy atom. The second kappa shape index (κ2) is 6.23. The Morgan fingerprint density at radius 3 is 2.57 bits per heavy atom. The van der Waals surface area contributed by atoms with Crippen LogP contribution in [0.5, 0.6) is 0 Å². The summed E-state index contributed by atoms with van der Waals surface area (Å²) in [6, 6.07) is 0.227. The average Bonchev–Trinajstić information content (AvgIpc) is 2.75. The molecule has 2 rings (SSSR count). The fourth-order valence-corrected chi connectivity index (χ4v) is 2.44. The van der Waals surface area contributed by atoms with Crippen molar-refractivity contribution in [3.05, 3.63) is 49.5 Å². The first-order valence-corrected chi connectivity index (χ1v) is 7.35. The van der Waals surface area contributed by atoms with Gasteiger partial charge in [0, 0.05) is 37.1 Å². The summed E-state index contributed by atoms with van der Waals surface area (Å²) in [6.07, 6.45) is 1.23. The molecule has 0 aliphatic carbocycles. The maximum atomic E-state index is 12.2. The van der Waals surface area contributed by atoms with Crippen LogP contribution in [-0.4, -0.2) is 25.2 Å². The van der Waals surface area contributed by atoms with E-state index in [0.29, 0.717) is 0 Å². The topological polar surface area (TPSA) is 102 Å². The normalized spacial score (nSPS) is 11.0. The van der Waals surface area contributed by atoms with Crippen LogP contribution in [0.2, 0.25) is 0 Å². The van der Waals surface area contributed by atoms with Gasteiger partial charge >= 0.3 is 5.69 Å². The molecule has 8 heteroatoms. The quantitative estimate of drug-likeness (QED) is 0.851. The van der Waals surface area contributed by atoms with Crippen LogP contribution in [0.15, 0.2) is 15.8 Å². The predicted octanol–water partition coefficient (Wildman–Crippen LogP) is 0.398. The van der Waals surface area contributed by atoms with Crippen molar-refractivity contribution in [1.82, 2.24) is 24.6 Å². The van der Waals surface area contributed by atoms with E-state index in [1.807, 2.05) is 32.4 Å². The van der Waals surface area contributed by atoms with Crippen LogP contribution in [0.3, 0.4) is 0 Å². The Balaban J connectivity index is 2.22. The van der Waals surface area contributed by atoms with Crippen LogP contribution in [0.25, 0.3) is 0 Å². The SMILES string of the molecule is Cc1nn(C(C)C)c(C)c1CNC(=O)c1cn(C)c(=O)[nH]c1=O. The summed E-state index contributed by atoms with van der Waals surface area (Å²) in [6.45, 7) is 8.16. The van der Waals surface area contributed by atoms with Crippen molar-refractivity contribution in [1.29, 1.82) is 0 Å². The van der Waals surface area contributed by atoms with Crippen LogP contribution < -0.4 is 16.6 Å². The molecule has 0 aromatic carbocycles. The number of amides is 1. The minimum absolute atomic E-state index is 0.0985. The van der Waals surface area contributed by atoms with Gasteiger partial charge in [0.1, 0.15) is 5.56 Å². The van der Waals surface area contributed by atoms with Crippen LogP contribution in [-0.2, 0) is 13.6 Å². The summed E-state index contributed by atoms with van der Waals surface area (Å²) in [7, 11) is 1.47. The molecule has 0 saturated heterocycles. The van der Waals surface area contributed by atoms with Crippen molar-refractivity contribution >= 4 is 5.91 Å². The highest BCUT2D eigenvalue weighted by Crippen LogP contribution is 2.16. The Kier molecular flexibility index (Phi) is 4.53. The molecule has 0 aliphatic rings. The summed E-state index contributed by atoms with van der Waals surface area (Å²) in [5.74, 6) is -0.530. The molecule has 23 heavy (non-hydrogen) atoms. The van der Waals surface area contributed by atoms with Crippen LogP contribution in [0.4, 0.5) is 0 Å². The van der Waals surface area contributed by atoms with Gasteiger partial charge in [0.05, 0.1) is 5.69 Å². The molecule has 0 spiro atoms. The first-order valence-electron chi connectivity index (χ1n) is 7.35. The molecule has 2 heterocycles. The van der Waals surface area contributed by atoms with Crippen molar-refractivity contribution < 1.29 is 4.79 Å². The van der Waals surface area contributed by atoms with Gasteiger partial charge in [-0.05, 0) is 27.7 Å². The number of hydrogen-bond donors (Lipinski definition) is 2. The zero-order chi connectivity index (χ0) is 17.3. The van der Waals surface area contributed by atoms with E-state index in [4.69, 9.17) is 0 Å². The van der Waals surface area contributed by atoms with E-state index in [2.05, 4.69) is 15.4 Å². The number of nitrogens with zero attached hydrogens (tertiary/aromatic N) is 3. The highest BCUT2D eigenvalue weighted by Gasteiger charge is 2.16. The number of hydrogen-bond acceptors (Lipinski definition) is 4. The molecule has 0 atom stereocenters. The molecule has 124 valence electrons. The zero-order valence-electron chi connectivity index (χ0n) is 13.9. The maximum Gasteiger partial charge on any atom is 0.328 e. The summed E-state index contributed by atoms with van der Waals surface area (Å²) in [5.41, 5.74) is 1.39. The summed E-state index contributed by atoms with van der Waals surface area (Å²) in [4.78, 5) is 37.3. The summed E-state index contributed by atoms with van der Waals surface area (Å²) >= 11 is 0. The lowest BCUT2D eigenvalue weighted by molar-refractivity contribution is 0.0948. The van der Waals surface area contributed by atoms with Crippen LogP contribution in [0.1, 0.15) is 47.2 Å². The average molecular weight is 319 g/mol. The number of carbonyl (C=O) groups excluding carboxylic acids is 1. The number of aromatic amines is 1. The second-order valence-corrected chi connectivity index (χ2v) is 5.78. The number of aromatic nitrogens is 4. The third-order valence-electron chi connectivity index (χ3n) is 3.74. The van der Waals surface area contributed by atoms with E-state index in [1.165, 1.54) is 13.2 Å². The second-order valence-electron chi connectivity index (χ2n) is 5.78. The first-order chi connectivity index (χ1) is 10.7. The smallest absolute Gasteiger partial charge is 0.328 e. The lowest BCUT2D eigenvalue weighted by Gasteiger charge is -2.09. The predicted molar refractivity (Wildman–Crippen MR) is 85.6 cm³/mol. The van der Waals surface area contributed by atoms with E-state index in [9.17, 15) is 14.4 Å². The zero-order valence-corrected chi connectivity index (χ0v) is 13.9. The fraction of sp³-hybridized carbons (Fsp3) is 0.467. The number of H-pyrrole nitrogens is 1. The minimum Gasteiger partial charge on any atom is -0.348 e. The highest BCUT2D eigenvalue weighted by molar-refractivity contribution is 5.93. The van der Waals surface area contributed by atoms with Crippen molar-refractivity contribution in [3.63, 3.8) is 0 Å². The van der Waals surface area contributed by atoms with Gasteiger partial charge < -0.3 is 9.88 Å². The van der Waals surface area contributed by atoms with Gasteiger partial charge in [-0.15, -0.1) is 0 Å². The molecule has 0 radical (unpaired) electrons. The Labute approximate surface area is 133 Å². The molecule has 1 amide bonds. The van der Waals surface area contributed by atoms with E-state index in [1.54, 1.807) is 0 Å². The molecular weight excluding hydrogens is 298 g/mol. The van der Waals surface area contributed by atoms with Gasteiger partial charge in [-0.3, -0.25) is 19.3 Å². The monoisotopic (exact) mass is 319 g/mol. The lowest BCUT2D eigenvalue weighted by Crippen LogP contribution is -2.36. The third-order valence-corrected chi connectivity index (χ3v) is 3.74. The molecule has 0 aliphatic heterocycles. The third kappa shape index (κ3) is 3.25. The van der Waals surface area contributed by atoms with Crippen molar-refractivity contribution in [2.45, 2.75) is 40.3 Å². The molecule has 8 nitrogen and oxygen atoms in total. The number of carbonyl (C=O) groups is 1. The highest BCUT2D eigenvalue weighted by atomic mass is 16.2. The number of rotatable bonds is 4. The van der Waals surface area contributed by atoms with E-state index >= 15 is 0 Å². The standard InChI is InChI=1S/C15H21N5O3/c1-8(2)20-10(4)11(9(3)18-20)6-16-13(21)12-7-19(5)15(23)17-14(12)22/h7-8H,6H2,1-5H3,(H,16,21)(H,17,22,23). The molecular formula is C15H21N5O3. The molecule has 0 fully saturated rings. The first kappa shape index (κ1) is 16.7. The molecule has 0 unspecified atom stereocenters. The van der Waals surface area contributed by atoms with Gasteiger partial charge in [-0.2, -0.15) is 5.10 Å². The Hall–Kier alpha value is -2.64. The van der Waals surface area contributed by atoms with Gasteiger partial charge in [-0.25, -0.2) is 4.79 Å². The van der Waals surface area contributed by atoms with Crippen molar-refractivity contribution in [3.8, 4) is 0 Å². The van der Waals surface area contributed by atoms with Gasteiger partial charge in [-0.1, -0.05) is 0 Å². The van der Waals surface area contributed by atoms with E-state index in [-0.39, 0.29) is 18.2 Å². The fourth-order valence-electron chi connectivity index (χ4n) is 2.44. The van der Waals surface area contributed by atoms with E-state index in [0.717, 1.165) is 21.5 Å². The van der Waals surface area contributed by atoms with Crippen molar-refractivity contribution in [2.24, 2.45) is 7.05 Å². The lowest BCUT2D eigenvalue weighted by atomic mass is 10.2. The molecule has 2 aromatic rings. The summed E-state index contributed by atoms with van der Waals surface area (Å²) < 4.78 is 3.06. The largest absolute Gasteiger partial charge is 0.348 e. The Morgan fingerprint density at radius 2 is 2.00 bits per heavy atom. The molecule has 0 bridgehead atoms. The minimum atomic E-state index is -0.697. The number of nitrogens with one attached hydrogen (secondary N) is 2. The van der Waals surface area contributed by atoms with Gasteiger partial charge in [0.25, 0.3) is 11.5 Å². The van der Waals surface area contributed by atoms with E-state index < -0.39 is 17.2 Å². The van der Waals surface area contributed by atoms with Gasteiger partial charge in [0.2, 0.25) is 0 Å². The molecule has 0 saturated carbocycles.